The second-order valence-corrected chi connectivity index (χ2v) is 8.78. The summed E-state index contributed by atoms with van der Waals surface area (Å²) >= 11 is 0. The molecular formula is C26H36. The summed E-state index contributed by atoms with van der Waals surface area (Å²) in [4.78, 5) is 0. The van der Waals surface area contributed by atoms with Crippen LogP contribution >= 0.6 is 0 Å². The summed E-state index contributed by atoms with van der Waals surface area (Å²) in [6.45, 7) is 4.69. The molecule has 26 heavy (non-hydrogen) atoms. The number of benzene rings is 1. The predicted octanol–water partition coefficient (Wildman–Crippen LogP) is 7.49. The maximum Gasteiger partial charge on any atom is 0.0249 e. The first kappa shape index (κ1) is 19.3. The summed E-state index contributed by atoms with van der Waals surface area (Å²) in [7, 11) is 0. The van der Waals surface area contributed by atoms with Gasteiger partial charge in [-0.3, -0.25) is 0 Å². The van der Waals surface area contributed by atoms with Gasteiger partial charge in [-0.2, -0.15) is 0 Å². The van der Waals surface area contributed by atoms with Crippen LogP contribution in [0.25, 0.3) is 0 Å². The van der Waals surface area contributed by atoms with Gasteiger partial charge in [-0.15, -0.1) is 0 Å². The van der Waals surface area contributed by atoms with Crippen molar-refractivity contribution in [1.29, 1.82) is 0 Å². The SMILES string of the molecule is CCC[C@H]1CC[C@H](c2ccc(C#CC=C[C@H]3CC[C@H](C)CC3)cc2)CC1. The van der Waals surface area contributed by atoms with Crippen LogP contribution in [0.4, 0.5) is 0 Å². The van der Waals surface area contributed by atoms with Gasteiger partial charge in [0, 0.05) is 5.56 Å². The Morgan fingerprint density at radius 2 is 1.62 bits per heavy atom. The third-order valence-electron chi connectivity index (χ3n) is 6.65. The van der Waals surface area contributed by atoms with Gasteiger partial charge in [-0.1, -0.05) is 69.6 Å². The number of allylic oxidation sites excluding steroid dienone is 2. The molecule has 140 valence electrons. The molecule has 0 heterocycles. The molecule has 0 amide bonds. The lowest BCUT2D eigenvalue weighted by Gasteiger charge is -2.28. The van der Waals surface area contributed by atoms with E-state index in [4.69, 9.17) is 0 Å². The zero-order valence-corrected chi connectivity index (χ0v) is 16.8. The van der Waals surface area contributed by atoms with Crippen molar-refractivity contribution in [3.8, 4) is 11.8 Å². The van der Waals surface area contributed by atoms with Crippen molar-refractivity contribution < 1.29 is 0 Å². The fraction of sp³-hybridized carbons (Fsp3) is 0.615. The molecule has 2 aliphatic rings. The fourth-order valence-corrected chi connectivity index (χ4v) is 4.82. The van der Waals surface area contributed by atoms with E-state index in [1.54, 1.807) is 0 Å². The molecule has 0 radical (unpaired) electrons. The van der Waals surface area contributed by atoms with E-state index >= 15 is 0 Å². The second-order valence-electron chi connectivity index (χ2n) is 8.78. The highest BCUT2D eigenvalue weighted by Crippen LogP contribution is 2.37. The molecule has 0 nitrogen and oxygen atoms in total. The molecule has 0 spiro atoms. The predicted molar refractivity (Wildman–Crippen MR) is 113 cm³/mol. The van der Waals surface area contributed by atoms with Gasteiger partial charge in [0.05, 0.1) is 0 Å². The van der Waals surface area contributed by atoms with Gasteiger partial charge in [0.25, 0.3) is 0 Å². The first-order chi connectivity index (χ1) is 12.7. The smallest absolute Gasteiger partial charge is 0.0249 e. The summed E-state index contributed by atoms with van der Waals surface area (Å²) in [5, 5.41) is 0. The highest BCUT2D eigenvalue weighted by Gasteiger charge is 2.21. The van der Waals surface area contributed by atoms with E-state index in [1.807, 2.05) is 0 Å². The average molecular weight is 349 g/mol. The summed E-state index contributed by atoms with van der Waals surface area (Å²) in [6, 6.07) is 9.08. The van der Waals surface area contributed by atoms with Gasteiger partial charge < -0.3 is 0 Å². The Labute approximate surface area is 161 Å². The van der Waals surface area contributed by atoms with E-state index in [0.717, 1.165) is 29.2 Å². The molecule has 0 atom stereocenters. The highest BCUT2D eigenvalue weighted by molar-refractivity contribution is 5.39. The third kappa shape index (κ3) is 5.77. The van der Waals surface area contributed by atoms with Crippen molar-refractivity contribution in [3.63, 3.8) is 0 Å². The van der Waals surface area contributed by atoms with Crippen molar-refractivity contribution in [2.45, 2.75) is 84.0 Å². The maximum atomic E-state index is 3.31. The van der Waals surface area contributed by atoms with Gasteiger partial charge in [0.1, 0.15) is 0 Å². The van der Waals surface area contributed by atoms with Crippen LogP contribution in [0.2, 0.25) is 0 Å². The van der Waals surface area contributed by atoms with Crippen LogP contribution in [0.5, 0.6) is 0 Å². The molecule has 0 unspecified atom stereocenters. The highest BCUT2D eigenvalue weighted by atomic mass is 14.3. The lowest BCUT2D eigenvalue weighted by molar-refractivity contribution is 0.308. The van der Waals surface area contributed by atoms with Gasteiger partial charge >= 0.3 is 0 Å². The van der Waals surface area contributed by atoms with Crippen LogP contribution < -0.4 is 0 Å². The second kappa shape index (κ2) is 10.0. The summed E-state index contributed by atoms with van der Waals surface area (Å²) < 4.78 is 0. The van der Waals surface area contributed by atoms with Gasteiger partial charge in [0.2, 0.25) is 0 Å². The summed E-state index contributed by atoms with van der Waals surface area (Å²) in [5.41, 5.74) is 2.67. The van der Waals surface area contributed by atoms with Crippen molar-refractivity contribution >= 4 is 0 Å². The summed E-state index contributed by atoms with van der Waals surface area (Å²) in [5.74, 6) is 10.00. The lowest BCUT2D eigenvalue weighted by atomic mass is 9.77. The fourth-order valence-electron chi connectivity index (χ4n) is 4.82. The zero-order valence-electron chi connectivity index (χ0n) is 16.8. The van der Waals surface area contributed by atoms with Crippen molar-refractivity contribution in [2.24, 2.45) is 17.8 Å². The number of hydrogen-bond donors (Lipinski definition) is 0. The van der Waals surface area contributed by atoms with Crippen molar-refractivity contribution in [2.75, 3.05) is 0 Å². The minimum atomic E-state index is 0.755. The monoisotopic (exact) mass is 348 g/mol. The average Bonchev–Trinajstić information content (AvgIpc) is 2.68. The van der Waals surface area contributed by atoms with Crippen LogP contribution in [0, 0.1) is 29.6 Å². The maximum absolute atomic E-state index is 3.31. The van der Waals surface area contributed by atoms with E-state index < -0.39 is 0 Å². The Kier molecular flexibility index (Phi) is 7.43. The minimum absolute atomic E-state index is 0.755. The van der Waals surface area contributed by atoms with E-state index in [0.29, 0.717) is 0 Å². The minimum Gasteiger partial charge on any atom is -0.0730 e. The van der Waals surface area contributed by atoms with E-state index in [2.05, 4.69) is 62.1 Å². The largest absolute Gasteiger partial charge is 0.0730 e. The van der Waals surface area contributed by atoms with Crippen LogP contribution in [0.1, 0.15) is 95.1 Å². The molecule has 0 bridgehead atoms. The molecule has 1 aromatic rings. The van der Waals surface area contributed by atoms with Crippen LogP contribution in [0.15, 0.2) is 36.4 Å². The van der Waals surface area contributed by atoms with Gasteiger partial charge in [0.15, 0.2) is 0 Å². The molecule has 2 saturated carbocycles. The first-order valence-corrected chi connectivity index (χ1v) is 11.0. The van der Waals surface area contributed by atoms with Crippen molar-refractivity contribution in [1.82, 2.24) is 0 Å². The van der Waals surface area contributed by atoms with Crippen LogP contribution in [0.3, 0.4) is 0 Å². The molecule has 0 saturated heterocycles. The molecular weight excluding hydrogens is 312 g/mol. The topological polar surface area (TPSA) is 0 Å². The molecule has 1 aromatic carbocycles. The molecule has 2 fully saturated rings. The molecule has 0 N–H and O–H groups in total. The Hall–Kier alpha value is -1.48. The molecule has 0 heteroatoms. The molecule has 2 aliphatic carbocycles. The Bertz CT molecular complexity index is 608. The Morgan fingerprint density at radius 3 is 2.27 bits per heavy atom. The number of rotatable bonds is 4. The molecule has 0 aliphatic heterocycles. The van der Waals surface area contributed by atoms with Crippen molar-refractivity contribution in [3.05, 3.63) is 47.5 Å². The summed E-state index contributed by atoms with van der Waals surface area (Å²) in [6.07, 6.45) is 18.2. The standard InChI is InChI=1S/C26H36/c1-3-6-22-13-17-25(18-14-22)26-19-15-24(16-20-26)8-5-4-7-23-11-9-21(2)10-12-23/h4,7,15-16,19-23,25H,3,6,9-14,17-18H2,1-2H3/t21-,22-,23-,25-. The van der Waals surface area contributed by atoms with E-state index in [9.17, 15) is 0 Å². The first-order valence-electron chi connectivity index (χ1n) is 11.0. The normalized spacial score (nSPS) is 29.3. The van der Waals surface area contributed by atoms with Crippen LogP contribution in [-0.4, -0.2) is 0 Å². The van der Waals surface area contributed by atoms with Crippen LogP contribution in [-0.2, 0) is 0 Å². The number of hydrogen-bond acceptors (Lipinski definition) is 0. The van der Waals surface area contributed by atoms with Gasteiger partial charge in [-0.05, 0) is 86.0 Å². The van der Waals surface area contributed by atoms with E-state index in [1.165, 1.54) is 69.8 Å². The van der Waals surface area contributed by atoms with Gasteiger partial charge in [-0.25, -0.2) is 0 Å². The Morgan fingerprint density at radius 1 is 0.923 bits per heavy atom. The van der Waals surface area contributed by atoms with E-state index in [-0.39, 0.29) is 0 Å². The molecule has 3 rings (SSSR count). The Balaban J connectivity index is 1.48. The third-order valence-corrected chi connectivity index (χ3v) is 6.65. The lowest BCUT2D eigenvalue weighted by Crippen LogP contribution is -2.13. The quantitative estimate of drug-likeness (QED) is 0.494. The molecule has 0 aromatic heterocycles. The zero-order chi connectivity index (χ0) is 18.2.